The normalized spacial score (nSPS) is 45.6. The minimum absolute atomic E-state index is 0.0870. The average molecular weight is 413 g/mol. The SMILES string of the molecule is CC[C@H](/C=C/[C@@H](C)[C@H]1CC[C@H]2[C@@H]3CC=C4C[C@@H](O)CC[C@]4(C)[C@@H]3CC[C@]12C)C(C)C. The van der Waals surface area contributed by atoms with Gasteiger partial charge in [0.1, 0.15) is 0 Å². The fourth-order valence-corrected chi connectivity index (χ4v) is 8.83. The van der Waals surface area contributed by atoms with Gasteiger partial charge in [-0.05, 0) is 110 Å². The highest BCUT2D eigenvalue weighted by Gasteiger charge is 2.58. The van der Waals surface area contributed by atoms with Crippen LogP contribution in [0.2, 0.25) is 0 Å². The summed E-state index contributed by atoms with van der Waals surface area (Å²) in [5.74, 6) is 5.70. The van der Waals surface area contributed by atoms with Crippen LogP contribution < -0.4 is 0 Å². The van der Waals surface area contributed by atoms with Gasteiger partial charge in [-0.3, -0.25) is 0 Å². The zero-order valence-electron chi connectivity index (χ0n) is 20.7. The second-order valence-corrected chi connectivity index (χ2v) is 12.4. The zero-order chi connectivity index (χ0) is 21.7. The molecular formula is C29H48O. The van der Waals surface area contributed by atoms with Crippen molar-refractivity contribution in [2.75, 3.05) is 0 Å². The van der Waals surface area contributed by atoms with Gasteiger partial charge in [0.2, 0.25) is 0 Å². The summed E-state index contributed by atoms with van der Waals surface area (Å²) in [6.07, 6.45) is 19.1. The fraction of sp³-hybridized carbons (Fsp3) is 0.862. The van der Waals surface area contributed by atoms with Crippen molar-refractivity contribution >= 4 is 0 Å². The molecule has 0 aromatic heterocycles. The van der Waals surface area contributed by atoms with Crippen LogP contribution in [0.25, 0.3) is 0 Å². The van der Waals surface area contributed by atoms with Crippen LogP contribution in [-0.2, 0) is 0 Å². The smallest absolute Gasteiger partial charge is 0.0577 e. The molecule has 0 spiro atoms. The quantitative estimate of drug-likeness (QED) is 0.457. The lowest BCUT2D eigenvalue weighted by molar-refractivity contribution is -0.0540. The highest BCUT2D eigenvalue weighted by atomic mass is 16.3. The summed E-state index contributed by atoms with van der Waals surface area (Å²) in [7, 11) is 0. The van der Waals surface area contributed by atoms with Crippen LogP contribution in [-0.4, -0.2) is 11.2 Å². The Kier molecular flexibility index (Phi) is 6.35. The van der Waals surface area contributed by atoms with Crippen LogP contribution in [0.15, 0.2) is 23.8 Å². The molecule has 0 bridgehead atoms. The van der Waals surface area contributed by atoms with Gasteiger partial charge >= 0.3 is 0 Å². The summed E-state index contributed by atoms with van der Waals surface area (Å²) in [5, 5.41) is 10.2. The molecule has 9 atom stereocenters. The van der Waals surface area contributed by atoms with Crippen molar-refractivity contribution in [3.63, 3.8) is 0 Å². The lowest BCUT2D eigenvalue weighted by atomic mass is 9.47. The number of aliphatic hydroxyl groups excluding tert-OH is 1. The van der Waals surface area contributed by atoms with Crippen LogP contribution in [0.4, 0.5) is 0 Å². The van der Waals surface area contributed by atoms with Crippen molar-refractivity contribution in [1.29, 1.82) is 0 Å². The topological polar surface area (TPSA) is 20.2 Å². The Hall–Kier alpha value is -0.560. The number of fused-ring (bicyclic) bond motifs is 5. The second kappa shape index (κ2) is 8.42. The molecule has 0 aromatic carbocycles. The minimum atomic E-state index is -0.0870. The summed E-state index contributed by atoms with van der Waals surface area (Å²) in [6.45, 7) is 14.8. The second-order valence-electron chi connectivity index (χ2n) is 12.4. The molecule has 1 nitrogen and oxygen atoms in total. The van der Waals surface area contributed by atoms with Gasteiger partial charge in [0.05, 0.1) is 6.10 Å². The molecule has 1 heteroatoms. The first-order valence-electron chi connectivity index (χ1n) is 13.3. The van der Waals surface area contributed by atoms with Gasteiger partial charge in [-0.25, -0.2) is 0 Å². The average Bonchev–Trinajstić information content (AvgIpc) is 3.06. The Labute approximate surface area is 186 Å². The van der Waals surface area contributed by atoms with Gasteiger partial charge in [0.25, 0.3) is 0 Å². The van der Waals surface area contributed by atoms with Crippen molar-refractivity contribution in [3.05, 3.63) is 23.8 Å². The minimum Gasteiger partial charge on any atom is -0.393 e. The molecule has 0 aliphatic heterocycles. The highest BCUT2D eigenvalue weighted by molar-refractivity contribution is 5.25. The van der Waals surface area contributed by atoms with Gasteiger partial charge in [0, 0.05) is 0 Å². The predicted molar refractivity (Wildman–Crippen MR) is 128 cm³/mol. The van der Waals surface area contributed by atoms with E-state index in [1.807, 2.05) is 0 Å². The van der Waals surface area contributed by atoms with Gasteiger partial charge in [0.15, 0.2) is 0 Å². The van der Waals surface area contributed by atoms with E-state index in [1.165, 1.54) is 44.9 Å². The monoisotopic (exact) mass is 412 g/mol. The van der Waals surface area contributed by atoms with E-state index in [0.717, 1.165) is 48.3 Å². The maximum atomic E-state index is 10.2. The van der Waals surface area contributed by atoms with E-state index in [9.17, 15) is 5.11 Å². The first-order chi connectivity index (χ1) is 14.2. The van der Waals surface area contributed by atoms with E-state index in [0.29, 0.717) is 16.7 Å². The molecule has 4 aliphatic carbocycles. The Morgan fingerprint density at radius 2 is 1.80 bits per heavy atom. The first-order valence-corrected chi connectivity index (χ1v) is 13.3. The van der Waals surface area contributed by atoms with E-state index >= 15 is 0 Å². The van der Waals surface area contributed by atoms with Crippen LogP contribution >= 0.6 is 0 Å². The maximum absolute atomic E-state index is 10.2. The Bertz CT molecular complexity index is 674. The molecule has 170 valence electrons. The molecule has 3 fully saturated rings. The number of aliphatic hydroxyl groups is 1. The molecule has 0 heterocycles. The Morgan fingerprint density at radius 1 is 1.03 bits per heavy atom. The van der Waals surface area contributed by atoms with Crippen LogP contribution in [0, 0.1) is 52.3 Å². The number of hydrogen-bond acceptors (Lipinski definition) is 1. The van der Waals surface area contributed by atoms with Crippen molar-refractivity contribution in [1.82, 2.24) is 0 Å². The third-order valence-corrected chi connectivity index (χ3v) is 10.8. The molecule has 4 aliphatic rings. The Balaban J connectivity index is 1.52. The highest BCUT2D eigenvalue weighted by Crippen LogP contribution is 2.67. The molecular weight excluding hydrogens is 364 g/mol. The molecule has 1 N–H and O–H groups in total. The van der Waals surface area contributed by atoms with Gasteiger partial charge in [-0.1, -0.05) is 65.3 Å². The largest absolute Gasteiger partial charge is 0.393 e. The summed E-state index contributed by atoms with van der Waals surface area (Å²) in [5.41, 5.74) is 2.51. The zero-order valence-corrected chi connectivity index (χ0v) is 20.7. The number of rotatable bonds is 5. The molecule has 0 radical (unpaired) electrons. The summed E-state index contributed by atoms with van der Waals surface area (Å²) in [6, 6.07) is 0. The molecule has 0 saturated heterocycles. The van der Waals surface area contributed by atoms with E-state index in [4.69, 9.17) is 0 Å². The third kappa shape index (κ3) is 3.66. The molecule has 0 amide bonds. The van der Waals surface area contributed by atoms with Crippen LogP contribution in [0.1, 0.15) is 99.3 Å². The van der Waals surface area contributed by atoms with Gasteiger partial charge in [-0.2, -0.15) is 0 Å². The van der Waals surface area contributed by atoms with Crippen molar-refractivity contribution in [2.24, 2.45) is 52.3 Å². The molecule has 0 aromatic rings. The summed E-state index contributed by atoms with van der Waals surface area (Å²) < 4.78 is 0. The molecule has 30 heavy (non-hydrogen) atoms. The maximum Gasteiger partial charge on any atom is 0.0577 e. The van der Waals surface area contributed by atoms with Crippen molar-refractivity contribution in [2.45, 2.75) is 105 Å². The van der Waals surface area contributed by atoms with Crippen LogP contribution in [0.5, 0.6) is 0 Å². The van der Waals surface area contributed by atoms with E-state index in [1.54, 1.807) is 5.57 Å². The van der Waals surface area contributed by atoms with Crippen molar-refractivity contribution in [3.8, 4) is 0 Å². The van der Waals surface area contributed by atoms with E-state index in [-0.39, 0.29) is 6.10 Å². The van der Waals surface area contributed by atoms with E-state index < -0.39 is 0 Å². The predicted octanol–water partition coefficient (Wildman–Crippen LogP) is 7.80. The lowest BCUT2D eigenvalue weighted by Crippen LogP contribution is -2.50. The molecule has 0 unspecified atom stereocenters. The van der Waals surface area contributed by atoms with Crippen LogP contribution in [0.3, 0.4) is 0 Å². The number of hydrogen-bond donors (Lipinski definition) is 1. The number of allylic oxidation sites excluding steroid dienone is 3. The third-order valence-electron chi connectivity index (χ3n) is 10.8. The van der Waals surface area contributed by atoms with Gasteiger partial charge < -0.3 is 5.11 Å². The lowest BCUT2D eigenvalue weighted by Gasteiger charge is -2.58. The van der Waals surface area contributed by atoms with Crippen molar-refractivity contribution < 1.29 is 5.11 Å². The molecule has 3 saturated carbocycles. The first kappa shape index (κ1) is 22.6. The van der Waals surface area contributed by atoms with E-state index in [2.05, 4.69) is 59.8 Å². The summed E-state index contributed by atoms with van der Waals surface area (Å²) >= 11 is 0. The summed E-state index contributed by atoms with van der Waals surface area (Å²) in [4.78, 5) is 0. The molecule has 4 rings (SSSR count). The van der Waals surface area contributed by atoms with Gasteiger partial charge in [-0.15, -0.1) is 0 Å². The fourth-order valence-electron chi connectivity index (χ4n) is 8.83. The Morgan fingerprint density at radius 3 is 2.50 bits per heavy atom. The standard InChI is InChI=1S/C29H48O/c1-7-21(19(2)3)9-8-20(4)25-12-13-26-24-11-10-22-18-23(30)14-16-28(22,5)27(24)15-17-29(25,26)6/h8-10,19-21,23-27,30H,7,11-18H2,1-6H3/b9-8+/t20-,21-,23+,24+,25-,26+,27-,28+,29-/m1/s1.